The van der Waals surface area contributed by atoms with Gasteiger partial charge in [-0.3, -0.25) is 4.79 Å². The van der Waals surface area contributed by atoms with Gasteiger partial charge in [-0.05, 0) is 72.8 Å². The van der Waals surface area contributed by atoms with Crippen LogP contribution in [0.1, 0.15) is 11.1 Å². The van der Waals surface area contributed by atoms with Crippen LogP contribution in [0.2, 0.25) is 10.0 Å². The Balaban J connectivity index is 1.53. The summed E-state index contributed by atoms with van der Waals surface area (Å²) in [6, 6.07) is 17.7. The third-order valence-electron chi connectivity index (χ3n) is 4.46. The lowest BCUT2D eigenvalue weighted by molar-refractivity contribution is -0.115. The van der Waals surface area contributed by atoms with E-state index in [0.717, 1.165) is 17.3 Å². The van der Waals surface area contributed by atoms with Crippen LogP contribution in [0.3, 0.4) is 0 Å². The molecule has 1 fully saturated rings. The van der Waals surface area contributed by atoms with E-state index in [1.807, 2.05) is 6.92 Å². The lowest BCUT2D eigenvalue weighted by Gasteiger charge is -2.08. The predicted octanol–water partition coefficient (Wildman–Crippen LogP) is 5.96. The second-order valence-electron chi connectivity index (χ2n) is 7.00. The van der Waals surface area contributed by atoms with Gasteiger partial charge in [-0.25, -0.2) is 4.99 Å². The number of hydrogen-bond donors (Lipinski definition) is 1. The van der Waals surface area contributed by atoms with E-state index in [1.54, 1.807) is 54.6 Å². The first-order valence-electron chi connectivity index (χ1n) is 9.55. The Hall–Kier alpha value is -2.78. The topological polar surface area (TPSA) is 84.8 Å². The van der Waals surface area contributed by atoms with Gasteiger partial charge in [0.05, 0.1) is 20.6 Å². The number of benzene rings is 3. The van der Waals surface area contributed by atoms with Crippen molar-refractivity contribution in [1.29, 1.82) is 0 Å². The Morgan fingerprint density at radius 1 is 1.00 bits per heavy atom. The van der Waals surface area contributed by atoms with Crippen LogP contribution in [0, 0.1) is 6.92 Å². The molecule has 1 N–H and O–H groups in total. The second-order valence-corrected chi connectivity index (χ2v) is 10.4. The van der Waals surface area contributed by atoms with Crippen LogP contribution in [-0.4, -0.2) is 19.5 Å². The van der Waals surface area contributed by atoms with Gasteiger partial charge in [0.15, 0.2) is 5.17 Å². The number of amides is 1. The van der Waals surface area contributed by atoms with Crippen molar-refractivity contribution in [3.8, 4) is 5.75 Å². The number of nitrogens with zero attached hydrogens (tertiary/aromatic N) is 1. The van der Waals surface area contributed by atoms with Crippen LogP contribution in [0.5, 0.6) is 5.75 Å². The van der Waals surface area contributed by atoms with Gasteiger partial charge >= 0.3 is 10.1 Å². The molecule has 33 heavy (non-hydrogen) atoms. The van der Waals surface area contributed by atoms with E-state index in [2.05, 4.69) is 10.3 Å². The van der Waals surface area contributed by atoms with Crippen molar-refractivity contribution in [3.63, 3.8) is 0 Å². The van der Waals surface area contributed by atoms with Crippen molar-refractivity contribution in [2.75, 3.05) is 0 Å². The molecule has 0 atom stereocenters. The first-order chi connectivity index (χ1) is 15.7. The summed E-state index contributed by atoms with van der Waals surface area (Å²) in [4.78, 5) is 17.2. The van der Waals surface area contributed by atoms with Crippen LogP contribution in [0.4, 0.5) is 5.69 Å². The molecule has 1 heterocycles. The zero-order chi connectivity index (χ0) is 23.6. The van der Waals surface area contributed by atoms with Crippen LogP contribution < -0.4 is 9.50 Å². The van der Waals surface area contributed by atoms with E-state index in [1.165, 1.54) is 18.2 Å². The van der Waals surface area contributed by atoms with Gasteiger partial charge in [-0.1, -0.05) is 53.0 Å². The molecule has 0 spiro atoms. The number of aryl methyl sites for hydroxylation is 1. The summed E-state index contributed by atoms with van der Waals surface area (Å²) >= 11 is 13.1. The number of hydrogen-bond acceptors (Lipinski definition) is 6. The van der Waals surface area contributed by atoms with E-state index in [-0.39, 0.29) is 16.6 Å². The number of halogens is 2. The van der Waals surface area contributed by atoms with Crippen molar-refractivity contribution in [2.24, 2.45) is 4.99 Å². The molecule has 0 saturated carbocycles. The van der Waals surface area contributed by atoms with Crippen LogP contribution >= 0.6 is 35.0 Å². The first-order valence-corrected chi connectivity index (χ1v) is 12.5. The molecule has 0 bridgehead atoms. The molecule has 3 aromatic rings. The van der Waals surface area contributed by atoms with Gasteiger partial charge < -0.3 is 9.50 Å². The predicted molar refractivity (Wildman–Crippen MR) is 133 cm³/mol. The summed E-state index contributed by atoms with van der Waals surface area (Å²) < 4.78 is 30.4. The molecule has 0 aromatic heterocycles. The Bertz CT molecular complexity index is 1400. The standard InChI is InChI=1S/C23H16Cl2N2O4S2/c1-14-5-8-18(9-6-14)33(29,30)31-17-4-2-3-15(11-17)12-21-22(28)27-23(32-21)26-16-7-10-19(24)20(25)13-16/h2-13H,1H3,(H,26,27,28)/b21-12+. The van der Waals surface area contributed by atoms with Crippen molar-refractivity contribution < 1.29 is 17.4 Å². The Kier molecular flexibility index (Phi) is 6.81. The molecule has 1 aliphatic rings. The maximum atomic E-state index is 12.5. The molecule has 168 valence electrons. The number of thioether (sulfide) groups is 1. The zero-order valence-corrected chi connectivity index (χ0v) is 20.2. The normalized spacial score (nSPS) is 16.3. The minimum atomic E-state index is -3.98. The quantitative estimate of drug-likeness (QED) is 0.332. The summed E-state index contributed by atoms with van der Waals surface area (Å²) in [6.07, 6.45) is 1.63. The molecule has 0 unspecified atom stereocenters. The van der Waals surface area contributed by atoms with E-state index < -0.39 is 10.1 Å². The fraction of sp³-hybridized carbons (Fsp3) is 0.0435. The van der Waals surface area contributed by atoms with Crippen molar-refractivity contribution in [3.05, 3.63) is 92.8 Å². The average Bonchev–Trinajstić information content (AvgIpc) is 3.09. The molecule has 1 aliphatic heterocycles. The number of amidine groups is 1. The monoisotopic (exact) mass is 518 g/mol. The molecule has 1 saturated heterocycles. The highest BCUT2D eigenvalue weighted by Crippen LogP contribution is 2.31. The van der Waals surface area contributed by atoms with Crippen LogP contribution in [0.15, 0.2) is 81.5 Å². The van der Waals surface area contributed by atoms with Gasteiger partial charge in [0.25, 0.3) is 5.91 Å². The Morgan fingerprint density at radius 2 is 1.76 bits per heavy atom. The fourth-order valence-corrected chi connectivity index (χ4v) is 4.90. The van der Waals surface area contributed by atoms with Gasteiger partial charge in [0, 0.05) is 0 Å². The summed E-state index contributed by atoms with van der Waals surface area (Å²) in [5.41, 5.74) is 2.09. The highest BCUT2D eigenvalue weighted by Gasteiger charge is 2.24. The number of aliphatic imine (C=N–C) groups is 1. The van der Waals surface area contributed by atoms with Gasteiger partial charge in [0.2, 0.25) is 0 Å². The fourth-order valence-electron chi connectivity index (χ4n) is 2.84. The Labute approximate surface area is 205 Å². The summed E-state index contributed by atoms with van der Waals surface area (Å²) in [5, 5.41) is 3.85. The van der Waals surface area contributed by atoms with Crippen molar-refractivity contribution in [1.82, 2.24) is 5.32 Å². The highest BCUT2D eigenvalue weighted by atomic mass is 35.5. The maximum absolute atomic E-state index is 12.5. The summed E-state index contributed by atoms with van der Waals surface area (Å²) in [6.45, 7) is 1.87. The summed E-state index contributed by atoms with van der Waals surface area (Å²) in [5.74, 6) is -0.185. The van der Waals surface area contributed by atoms with Crippen LogP contribution in [-0.2, 0) is 14.9 Å². The zero-order valence-electron chi connectivity index (χ0n) is 17.1. The molecule has 3 aromatic carbocycles. The Morgan fingerprint density at radius 3 is 2.48 bits per heavy atom. The summed E-state index contributed by atoms with van der Waals surface area (Å²) in [7, 11) is -3.98. The average molecular weight is 519 g/mol. The van der Waals surface area contributed by atoms with E-state index in [9.17, 15) is 13.2 Å². The maximum Gasteiger partial charge on any atom is 0.339 e. The van der Waals surface area contributed by atoms with Crippen LogP contribution in [0.25, 0.3) is 6.08 Å². The largest absolute Gasteiger partial charge is 0.379 e. The van der Waals surface area contributed by atoms with Crippen molar-refractivity contribution in [2.45, 2.75) is 11.8 Å². The van der Waals surface area contributed by atoms with E-state index in [4.69, 9.17) is 27.4 Å². The highest BCUT2D eigenvalue weighted by molar-refractivity contribution is 8.18. The molecule has 6 nitrogen and oxygen atoms in total. The third kappa shape index (κ3) is 5.78. The third-order valence-corrected chi connectivity index (χ3v) is 7.37. The number of carbonyl (C=O) groups excluding carboxylic acids is 1. The molecule has 4 rings (SSSR count). The lowest BCUT2D eigenvalue weighted by Crippen LogP contribution is -2.19. The van der Waals surface area contributed by atoms with Crippen molar-refractivity contribution >= 4 is 67.9 Å². The minimum absolute atomic E-state index is 0.0609. The number of carbonyl (C=O) groups is 1. The number of nitrogens with one attached hydrogen (secondary N) is 1. The first kappa shape index (κ1) is 23.4. The molecule has 0 radical (unpaired) electrons. The molecular weight excluding hydrogens is 503 g/mol. The number of rotatable bonds is 5. The van der Waals surface area contributed by atoms with E-state index >= 15 is 0 Å². The molecule has 0 aliphatic carbocycles. The second kappa shape index (κ2) is 9.61. The van der Waals surface area contributed by atoms with Gasteiger partial charge in [0.1, 0.15) is 10.6 Å². The lowest BCUT2D eigenvalue weighted by atomic mass is 10.2. The smallest absolute Gasteiger partial charge is 0.339 e. The molecular formula is C23H16Cl2N2O4S2. The molecule has 1 amide bonds. The van der Waals surface area contributed by atoms with Gasteiger partial charge in [-0.2, -0.15) is 8.42 Å². The van der Waals surface area contributed by atoms with E-state index in [0.29, 0.717) is 31.4 Å². The minimum Gasteiger partial charge on any atom is -0.379 e. The van der Waals surface area contributed by atoms with Gasteiger partial charge in [-0.15, -0.1) is 0 Å². The molecule has 10 heteroatoms. The SMILES string of the molecule is Cc1ccc(S(=O)(=O)Oc2cccc(/C=C3/SC(=Nc4ccc(Cl)c(Cl)c4)NC3=O)c2)cc1.